The predicted molar refractivity (Wildman–Crippen MR) is 168 cm³/mol. The number of imidazole rings is 1. The lowest BCUT2D eigenvalue weighted by Gasteiger charge is -2.24. The number of methoxy groups -OCH3 is 1. The highest BCUT2D eigenvalue weighted by atomic mass is 19.1. The molecule has 1 saturated carbocycles. The molecule has 5 unspecified atom stereocenters. The molecule has 46 heavy (non-hydrogen) atoms. The van der Waals surface area contributed by atoms with Crippen molar-refractivity contribution in [3.05, 3.63) is 119 Å². The van der Waals surface area contributed by atoms with Crippen molar-refractivity contribution in [1.82, 2.24) is 19.5 Å². The number of nitrogens with one attached hydrogen (secondary N) is 1. The summed E-state index contributed by atoms with van der Waals surface area (Å²) in [6.45, 7) is 1.90. The molecule has 2 bridgehead atoms. The van der Waals surface area contributed by atoms with Gasteiger partial charge in [-0.1, -0.05) is 85.8 Å². The highest BCUT2D eigenvalue weighted by Crippen LogP contribution is 2.36. The van der Waals surface area contributed by atoms with Crippen molar-refractivity contribution in [3.63, 3.8) is 0 Å². The highest BCUT2D eigenvalue weighted by Gasteiger charge is 2.36. The number of aromatic nitrogens is 4. The topological polar surface area (TPSA) is 92.6 Å². The third kappa shape index (κ3) is 7.39. The molecule has 0 amide bonds. The Bertz CT molecular complexity index is 1640. The van der Waals surface area contributed by atoms with E-state index in [0.29, 0.717) is 40.7 Å². The van der Waals surface area contributed by atoms with Crippen molar-refractivity contribution in [3.8, 4) is 11.5 Å². The first-order valence-electron chi connectivity index (χ1n) is 15.4. The van der Waals surface area contributed by atoms with E-state index in [1.54, 1.807) is 60.3 Å². The fraction of sp³-hybridized carbons (Fsp3) is 0.343. The van der Waals surface area contributed by atoms with Gasteiger partial charge in [0.1, 0.15) is 23.9 Å². The van der Waals surface area contributed by atoms with Crippen LogP contribution in [0.1, 0.15) is 67.2 Å². The number of benzene rings is 3. The Labute approximate surface area is 266 Å². The molecule has 3 aromatic rings. The van der Waals surface area contributed by atoms with E-state index in [9.17, 15) is 8.78 Å². The Kier molecular flexibility index (Phi) is 10.2. The smallest absolute Gasteiger partial charge is 0.231 e. The van der Waals surface area contributed by atoms with E-state index in [-0.39, 0.29) is 30.9 Å². The summed E-state index contributed by atoms with van der Waals surface area (Å²) in [6, 6.07) is 24.6. The summed E-state index contributed by atoms with van der Waals surface area (Å²) < 4.78 is 47.0. The second-order valence-electron chi connectivity index (χ2n) is 11.4. The van der Waals surface area contributed by atoms with Crippen LogP contribution in [0.25, 0.3) is 11.5 Å². The Morgan fingerprint density at radius 2 is 1.59 bits per heavy atom. The van der Waals surface area contributed by atoms with Crippen LogP contribution in [-0.4, -0.2) is 45.4 Å². The summed E-state index contributed by atoms with van der Waals surface area (Å²) >= 11 is 0. The molecule has 240 valence electrons. The summed E-state index contributed by atoms with van der Waals surface area (Å²) in [6.07, 6.45) is 4.78. The van der Waals surface area contributed by atoms with E-state index < -0.39 is 12.6 Å². The molecule has 2 saturated heterocycles. The van der Waals surface area contributed by atoms with Crippen LogP contribution in [0.15, 0.2) is 91.1 Å². The fourth-order valence-electron chi connectivity index (χ4n) is 5.53. The second-order valence-corrected chi connectivity index (χ2v) is 11.4. The number of alkyl halides is 1. The summed E-state index contributed by atoms with van der Waals surface area (Å²) in [5, 5.41) is 0. The van der Waals surface area contributed by atoms with E-state index in [0.717, 1.165) is 5.56 Å². The number of nitrogens with zero attached hydrogens (tertiary/aromatic N) is 4. The van der Waals surface area contributed by atoms with Gasteiger partial charge < -0.3 is 14.2 Å². The Morgan fingerprint density at radius 3 is 2.22 bits per heavy atom. The zero-order chi connectivity index (χ0) is 31.9. The van der Waals surface area contributed by atoms with Crippen molar-refractivity contribution < 1.29 is 27.8 Å². The Morgan fingerprint density at radius 1 is 0.935 bits per heavy atom. The van der Waals surface area contributed by atoms with Crippen LogP contribution < -0.4 is 5.48 Å². The summed E-state index contributed by atoms with van der Waals surface area (Å²) in [7, 11) is 1.58. The first-order chi connectivity index (χ1) is 22.5. The molecule has 8 rings (SSSR count). The number of fused-ring (bicyclic) bond motifs is 2. The number of ether oxygens (including phenoxy) is 3. The standard InChI is InChI=1S/C30H29F2N5O3.C5H8O/c1-20(18-39-26(32)21-11-5-3-6-12-21)27-34-25-17-33-30(36-40-19-23-15-9-10-16-24(23)31)37(28(25)35-27)29(38-2)22-13-7-4-8-14-22;1-2-5-3-4(1)6-5/h3-17,20,26,29H,18-19H2,1-2H3,(H,33,36);4-5H,1-3H2. The lowest BCUT2D eigenvalue weighted by Crippen LogP contribution is -2.25. The number of hydrogen-bond donors (Lipinski definition) is 1. The van der Waals surface area contributed by atoms with Crippen molar-refractivity contribution in [1.29, 1.82) is 0 Å². The van der Waals surface area contributed by atoms with Crippen molar-refractivity contribution in [2.45, 2.75) is 63.5 Å². The quantitative estimate of drug-likeness (QED) is 0.143. The number of hydrogen-bond acceptors (Lipinski definition) is 8. The average Bonchev–Trinajstić information content (AvgIpc) is 3.85. The van der Waals surface area contributed by atoms with Crippen LogP contribution in [0, 0.1) is 5.82 Å². The van der Waals surface area contributed by atoms with Crippen molar-refractivity contribution >= 4 is 5.95 Å². The number of halogens is 2. The molecular weight excluding hydrogens is 592 g/mol. The van der Waals surface area contributed by atoms with Gasteiger partial charge in [-0.3, -0.25) is 9.40 Å². The van der Waals surface area contributed by atoms with Gasteiger partial charge in [0.2, 0.25) is 12.3 Å². The van der Waals surface area contributed by atoms with E-state index in [1.807, 2.05) is 43.3 Å². The molecule has 1 aliphatic carbocycles. The minimum absolute atomic E-state index is 0.0342. The molecule has 1 N–H and O–H groups in total. The molecule has 0 aromatic heterocycles. The molecule has 3 aromatic carbocycles. The zero-order valence-corrected chi connectivity index (χ0v) is 25.8. The second kappa shape index (κ2) is 14.9. The van der Waals surface area contributed by atoms with Crippen LogP contribution in [0.5, 0.6) is 0 Å². The van der Waals surface area contributed by atoms with Crippen LogP contribution in [0.2, 0.25) is 0 Å². The summed E-state index contributed by atoms with van der Waals surface area (Å²) in [5.74, 6) is 0.546. The summed E-state index contributed by atoms with van der Waals surface area (Å²) in [5.41, 5.74) is 5.01. The van der Waals surface area contributed by atoms with Gasteiger partial charge in [0.05, 0.1) is 25.0 Å². The third-order valence-corrected chi connectivity index (χ3v) is 8.06. The number of rotatable bonds is 12. The molecule has 5 atom stereocenters. The van der Waals surface area contributed by atoms with Gasteiger partial charge >= 0.3 is 0 Å². The average molecular weight is 630 g/mol. The first-order valence-corrected chi connectivity index (χ1v) is 15.4. The van der Waals surface area contributed by atoms with Gasteiger partial charge in [-0.15, -0.1) is 0 Å². The minimum atomic E-state index is -1.56. The molecule has 4 aliphatic heterocycles. The van der Waals surface area contributed by atoms with Gasteiger partial charge in [0.25, 0.3) is 0 Å². The fourth-order valence-corrected chi connectivity index (χ4v) is 5.53. The molecule has 5 aliphatic rings. The van der Waals surface area contributed by atoms with Gasteiger partial charge in [-0.25, -0.2) is 29.2 Å². The zero-order valence-electron chi connectivity index (χ0n) is 25.8. The molecule has 3 fully saturated rings. The highest BCUT2D eigenvalue weighted by molar-refractivity contribution is 5.55. The maximum Gasteiger partial charge on any atom is 0.231 e. The minimum Gasteiger partial charge on any atom is -0.375 e. The predicted octanol–water partition coefficient (Wildman–Crippen LogP) is 7.38. The molecule has 9 nitrogen and oxygen atoms in total. The maximum absolute atomic E-state index is 14.6. The molecular formula is C35H37F2N5O4. The van der Waals surface area contributed by atoms with E-state index >= 15 is 0 Å². The largest absolute Gasteiger partial charge is 0.375 e. The van der Waals surface area contributed by atoms with Crippen LogP contribution in [0.3, 0.4) is 0 Å². The molecule has 0 radical (unpaired) electrons. The third-order valence-electron chi connectivity index (χ3n) is 8.06. The van der Waals surface area contributed by atoms with Gasteiger partial charge in [-0.05, 0) is 25.3 Å². The van der Waals surface area contributed by atoms with E-state index in [2.05, 4.69) is 15.4 Å². The molecule has 0 spiro atoms. The van der Waals surface area contributed by atoms with Crippen molar-refractivity contribution in [2.75, 3.05) is 19.2 Å². The van der Waals surface area contributed by atoms with E-state index in [1.165, 1.54) is 25.3 Å². The lowest BCUT2D eigenvalue weighted by atomic mass is 10.2. The maximum atomic E-state index is 14.6. The monoisotopic (exact) mass is 629 g/mol. The molecule has 4 heterocycles. The van der Waals surface area contributed by atoms with Crippen LogP contribution >= 0.6 is 0 Å². The Balaban J connectivity index is 0.000000547. The summed E-state index contributed by atoms with van der Waals surface area (Å²) in [4.78, 5) is 19.5. The van der Waals surface area contributed by atoms with Crippen LogP contribution in [-0.2, 0) is 25.7 Å². The first kappa shape index (κ1) is 31.7. The van der Waals surface area contributed by atoms with Gasteiger partial charge in [-0.2, -0.15) is 0 Å². The van der Waals surface area contributed by atoms with Crippen molar-refractivity contribution in [2.24, 2.45) is 0 Å². The van der Waals surface area contributed by atoms with E-state index in [4.69, 9.17) is 24.0 Å². The van der Waals surface area contributed by atoms with Crippen LogP contribution in [0.4, 0.5) is 14.7 Å². The normalized spacial score (nSPS) is 18.7. The van der Waals surface area contributed by atoms with Gasteiger partial charge in [0.15, 0.2) is 12.1 Å². The SMILES string of the molecule is C1CC2CC1O2.COC(c1ccccc1)n1c(NOCc2ccccc2F)ncc2nc(C(C)COC(F)c3ccccc3)nc1-2. The lowest BCUT2D eigenvalue weighted by molar-refractivity contribution is -0.0647. The number of anilines is 1. The van der Waals surface area contributed by atoms with Gasteiger partial charge in [0, 0.05) is 29.7 Å². The molecule has 11 heteroatoms. The Hall–Kier alpha value is -4.29.